The van der Waals surface area contributed by atoms with E-state index in [1.165, 1.54) is 0 Å². The van der Waals surface area contributed by atoms with Gasteiger partial charge in [0.1, 0.15) is 5.75 Å². The van der Waals surface area contributed by atoms with Crippen molar-refractivity contribution in [1.29, 1.82) is 0 Å². The second-order valence-electron chi connectivity index (χ2n) is 5.55. The third-order valence-corrected chi connectivity index (χ3v) is 2.97. The van der Waals surface area contributed by atoms with Crippen LogP contribution in [0.1, 0.15) is 45.2 Å². The van der Waals surface area contributed by atoms with Crippen LogP contribution >= 0.6 is 0 Å². The van der Waals surface area contributed by atoms with Gasteiger partial charge in [0, 0.05) is 12.0 Å². The Hall–Kier alpha value is -1.55. The zero-order chi connectivity index (χ0) is 14.5. The van der Waals surface area contributed by atoms with Gasteiger partial charge in [0.25, 0.3) is 0 Å². The highest BCUT2D eigenvalue weighted by Gasteiger charge is 2.15. The van der Waals surface area contributed by atoms with Gasteiger partial charge in [-0.25, -0.2) is 0 Å². The maximum absolute atomic E-state index is 11.8. The van der Waals surface area contributed by atoms with Gasteiger partial charge < -0.3 is 15.8 Å². The average Bonchev–Trinajstić information content (AvgIpc) is 2.35. The van der Waals surface area contributed by atoms with Gasteiger partial charge in [0.2, 0.25) is 5.91 Å². The molecule has 0 bridgehead atoms. The predicted molar refractivity (Wildman–Crippen MR) is 77.1 cm³/mol. The van der Waals surface area contributed by atoms with E-state index in [0.717, 1.165) is 11.3 Å². The molecular formula is C15H24N2O2. The third kappa shape index (κ3) is 5.75. The zero-order valence-electron chi connectivity index (χ0n) is 12.2. The fourth-order valence-corrected chi connectivity index (χ4v) is 1.74. The highest BCUT2D eigenvalue weighted by Crippen LogP contribution is 2.19. The number of nitrogens with two attached hydrogens (primary N) is 1. The lowest BCUT2D eigenvalue weighted by atomic mass is 9.99. The van der Waals surface area contributed by atoms with Gasteiger partial charge in [-0.05, 0) is 44.9 Å². The number of nitrogens with one attached hydrogen (secondary N) is 1. The number of hydrogen-bond donors (Lipinski definition) is 2. The Kier molecular flexibility index (Phi) is 5.36. The van der Waals surface area contributed by atoms with Crippen LogP contribution < -0.4 is 15.8 Å². The molecule has 0 aliphatic carbocycles. The molecule has 1 aromatic carbocycles. The molecule has 0 heterocycles. The summed E-state index contributed by atoms with van der Waals surface area (Å²) in [5.41, 5.74) is 6.59. The van der Waals surface area contributed by atoms with E-state index in [4.69, 9.17) is 10.5 Å². The summed E-state index contributed by atoms with van der Waals surface area (Å²) < 4.78 is 5.17. The second kappa shape index (κ2) is 6.57. The van der Waals surface area contributed by atoms with Gasteiger partial charge >= 0.3 is 0 Å². The van der Waals surface area contributed by atoms with E-state index in [1.54, 1.807) is 7.11 Å². The molecule has 1 unspecified atom stereocenters. The van der Waals surface area contributed by atoms with Crippen LogP contribution in [-0.2, 0) is 4.79 Å². The maximum atomic E-state index is 11.8. The number of benzene rings is 1. The first-order chi connectivity index (χ1) is 8.81. The van der Waals surface area contributed by atoms with Crippen molar-refractivity contribution in [2.24, 2.45) is 5.73 Å². The Labute approximate surface area is 115 Å². The SMILES string of the molecule is COc1cccc(C(C)NC(=O)CCC(C)(C)N)c1. The standard InChI is InChI=1S/C15H24N2O2/c1-11(12-6-5-7-13(10-12)19-4)17-14(18)8-9-15(2,3)16/h5-7,10-11H,8-9,16H2,1-4H3,(H,17,18). The van der Waals surface area contributed by atoms with Gasteiger partial charge in [-0.3, -0.25) is 4.79 Å². The van der Waals surface area contributed by atoms with Crippen LogP contribution in [-0.4, -0.2) is 18.6 Å². The van der Waals surface area contributed by atoms with Crippen molar-refractivity contribution in [2.75, 3.05) is 7.11 Å². The first-order valence-electron chi connectivity index (χ1n) is 6.54. The van der Waals surface area contributed by atoms with E-state index in [1.807, 2.05) is 45.0 Å². The summed E-state index contributed by atoms with van der Waals surface area (Å²) in [6.07, 6.45) is 1.11. The van der Waals surface area contributed by atoms with E-state index in [2.05, 4.69) is 5.32 Å². The number of hydrogen-bond acceptors (Lipinski definition) is 3. The summed E-state index contributed by atoms with van der Waals surface area (Å²) in [4.78, 5) is 11.8. The van der Waals surface area contributed by atoms with Gasteiger partial charge in [-0.1, -0.05) is 12.1 Å². The normalized spacial score (nSPS) is 12.9. The van der Waals surface area contributed by atoms with Gasteiger partial charge in [0.15, 0.2) is 0 Å². The number of carbonyl (C=O) groups is 1. The molecule has 1 aromatic rings. The van der Waals surface area contributed by atoms with Crippen molar-refractivity contribution in [3.05, 3.63) is 29.8 Å². The van der Waals surface area contributed by atoms with Crippen LogP contribution in [0.5, 0.6) is 5.75 Å². The van der Waals surface area contributed by atoms with E-state index >= 15 is 0 Å². The first-order valence-corrected chi connectivity index (χ1v) is 6.54. The third-order valence-electron chi connectivity index (χ3n) is 2.97. The Morgan fingerprint density at radius 3 is 2.74 bits per heavy atom. The molecule has 4 nitrogen and oxygen atoms in total. The number of amides is 1. The molecule has 1 atom stereocenters. The topological polar surface area (TPSA) is 64.3 Å². The maximum Gasteiger partial charge on any atom is 0.220 e. The molecule has 0 saturated carbocycles. The molecule has 4 heteroatoms. The van der Waals surface area contributed by atoms with Crippen LogP contribution in [0, 0.1) is 0 Å². The largest absolute Gasteiger partial charge is 0.497 e. The smallest absolute Gasteiger partial charge is 0.220 e. The summed E-state index contributed by atoms with van der Waals surface area (Å²) in [5.74, 6) is 0.815. The number of methoxy groups -OCH3 is 1. The average molecular weight is 264 g/mol. The molecule has 106 valence electrons. The Morgan fingerprint density at radius 2 is 2.16 bits per heavy atom. The summed E-state index contributed by atoms with van der Waals surface area (Å²) in [6, 6.07) is 7.66. The molecule has 0 spiro atoms. The van der Waals surface area contributed by atoms with Crippen molar-refractivity contribution >= 4 is 5.91 Å². The zero-order valence-corrected chi connectivity index (χ0v) is 12.2. The van der Waals surface area contributed by atoms with Crippen molar-refractivity contribution in [1.82, 2.24) is 5.32 Å². The molecular weight excluding hydrogens is 240 g/mol. The second-order valence-corrected chi connectivity index (χ2v) is 5.55. The lowest BCUT2D eigenvalue weighted by molar-refractivity contribution is -0.122. The number of carbonyl (C=O) groups excluding carboxylic acids is 1. The lowest BCUT2D eigenvalue weighted by Crippen LogP contribution is -2.35. The molecule has 0 aliphatic heterocycles. The highest BCUT2D eigenvalue weighted by molar-refractivity contribution is 5.76. The molecule has 1 amide bonds. The fourth-order valence-electron chi connectivity index (χ4n) is 1.74. The molecule has 19 heavy (non-hydrogen) atoms. The molecule has 0 aliphatic rings. The molecule has 3 N–H and O–H groups in total. The fraction of sp³-hybridized carbons (Fsp3) is 0.533. The summed E-state index contributed by atoms with van der Waals surface area (Å²) in [5, 5.41) is 2.97. The Morgan fingerprint density at radius 1 is 1.47 bits per heavy atom. The van der Waals surface area contributed by atoms with E-state index in [9.17, 15) is 4.79 Å². The summed E-state index contributed by atoms with van der Waals surface area (Å²) in [7, 11) is 1.63. The van der Waals surface area contributed by atoms with E-state index in [-0.39, 0.29) is 17.5 Å². The number of ether oxygens (including phenoxy) is 1. The van der Waals surface area contributed by atoms with Crippen LogP contribution in [0.25, 0.3) is 0 Å². The van der Waals surface area contributed by atoms with Crippen molar-refractivity contribution < 1.29 is 9.53 Å². The molecule has 0 fully saturated rings. The van der Waals surface area contributed by atoms with E-state index in [0.29, 0.717) is 12.8 Å². The van der Waals surface area contributed by atoms with Gasteiger partial charge in [-0.2, -0.15) is 0 Å². The minimum absolute atomic E-state index is 0.0221. The monoisotopic (exact) mass is 264 g/mol. The van der Waals surface area contributed by atoms with Crippen molar-refractivity contribution in [2.45, 2.75) is 45.2 Å². The molecule has 1 rings (SSSR count). The minimum Gasteiger partial charge on any atom is -0.497 e. The highest BCUT2D eigenvalue weighted by atomic mass is 16.5. The predicted octanol–water partition coefficient (Wildman–Crippen LogP) is 2.39. The van der Waals surface area contributed by atoms with Crippen LogP contribution in [0.4, 0.5) is 0 Å². The van der Waals surface area contributed by atoms with Gasteiger partial charge in [-0.15, -0.1) is 0 Å². The summed E-state index contributed by atoms with van der Waals surface area (Å²) >= 11 is 0. The lowest BCUT2D eigenvalue weighted by Gasteiger charge is -2.19. The van der Waals surface area contributed by atoms with E-state index < -0.39 is 0 Å². The number of rotatable bonds is 6. The minimum atomic E-state index is -0.309. The Balaban J connectivity index is 2.54. The Bertz CT molecular complexity index is 424. The van der Waals surface area contributed by atoms with Crippen LogP contribution in [0.2, 0.25) is 0 Å². The first kappa shape index (κ1) is 15.5. The molecule has 0 aromatic heterocycles. The van der Waals surface area contributed by atoms with Gasteiger partial charge in [0.05, 0.1) is 13.2 Å². The molecule has 0 radical (unpaired) electrons. The van der Waals surface area contributed by atoms with Crippen molar-refractivity contribution in [3.63, 3.8) is 0 Å². The van der Waals surface area contributed by atoms with Crippen LogP contribution in [0.3, 0.4) is 0 Å². The van der Waals surface area contributed by atoms with Crippen LogP contribution in [0.15, 0.2) is 24.3 Å². The quantitative estimate of drug-likeness (QED) is 0.829. The molecule has 0 saturated heterocycles. The van der Waals surface area contributed by atoms with Crippen molar-refractivity contribution in [3.8, 4) is 5.75 Å². The summed E-state index contributed by atoms with van der Waals surface area (Å²) in [6.45, 7) is 5.80.